The Labute approximate surface area is 674 Å². The predicted octanol–water partition coefficient (Wildman–Crippen LogP) is 27.0. The Balaban J connectivity index is 0.000000126. The van der Waals surface area contributed by atoms with Gasteiger partial charge in [-0.1, -0.05) is 220 Å². The van der Waals surface area contributed by atoms with Gasteiger partial charge in [0.05, 0.1) is 104 Å². The van der Waals surface area contributed by atoms with E-state index in [1.165, 1.54) is 167 Å². The highest BCUT2D eigenvalue weighted by molar-refractivity contribution is 6.00. The molecule has 12 heteroatoms. The quantitative estimate of drug-likeness (QED) is 0.104. The molecular formula is C101H116N12. The van der Waals surface area contributed by atoms with E-state index in [9.17, 15) is 0 Å². The highest BCUT2D eigenvalue weighted by Crippen LogP contribution is 2.56. The van der Waals surface area contributed by atoms with E-state index in [0.717, 1.165) is 11.4 Å². The molecule has 8 heterocycles. The van der Waals surface area contributed by atoms with Crippen LogP contribution >= 0.6 is 0 Å². The average Bonchev–Trinajstić information content (AvgIpc) is 1.57. The molecule has 0 saturated heterocycles. The summed E-state index contributed by atoms with van der Waals surface area (Å²) in [4.78, 5) is 38.3. The summed E-state index contributed by atoms with van der Waals surface area (Å²) in [6, 6.07) is 79.6. The Hall–Kier alpha value is -11.2. The molecule has 12 nitrogen and oxygen atoms in total. The third kappa shape index (κ3) is 15.4. The van der Waals surface area contributed by atoms with Crippen LogP contribution in [0.5, 0.6) is 0 Å². The summed E-state index contributed by atoms with van der Waals surface area (Å²) >= 11 is 0. The SMILES string of the molecule is Cc1cc(C(C)C)ncc1N1c2ccccc2N(C(C)C)[C@H]1C.Cc1cc(C(C)C)ncc1N1c2ccccc2N(C2CCCCC2)[C@H]1C.Cc1ccncc1N1c2ccccc2N(c2c(-c3ccccc3)cccc2-c2ccccc2)[C@H]1C.Cc1ccncc1N1c2ccccc2N(c2c(C(C)C)cccc2C(C)C)[C@H]1C. The maximum absolute atomic E-state index is 4.77. The number of fused-ring (bicyclic) bond motifs is 4. The van der Waals surface area contributed by atoms with Crippen molar-refractivity contribution in [3.63, 3.8) is 0 Å². The molecule has 4 aromatic heterocycles. The summed E-state index contributed by atoms with van der Waals surface area (Å²) < 4.78 is 0. The van der Waals surface area contributed by atoms with Crippen molar-refractivity contribution in [2.24, 2.45) is 0 Å². The summed E-state index contributed by atoms with van der Waals surface area (Å²) in [6.45, 7) is 40.4. The van der Waals surface area contributed by atoms with E-state index in [1.54, 1.807) is 0 Å². The first-order chi connectivity index (χ1) is 54.6. The van der Waals surface area contributed by atoms with Gasteiger partial charge in [0.25, 0.3) is 0 Å². The topological polar surface area (TPSA) is 77.5 Å². The lowest BCUT2D eigenvalue weighted by molar-refractivity contribution is 0.400. The van der Waals surface area contributed by atoms with E-state index in [2.05, 4.69) is 398 Å². The minimum atomic E-state index is 0.0580. The fraction of sp³-hybridized carbons (Fsp3) is 0.327. The minimum Gasteiger partial charge on any atom is -0.347 e. The first kappa shape index (κ1) is 78.4. The van der Waals surface area contributed by atoms with E-state index < -0.39 is 0 Å². The number of hydrogen-bond donors (Lipinski definition) is 0. The standard InChI is InChI=1S/C32H27N3.C26H31N3.C23H31N3.C20H27N3/c1-23-20-21-33-22-31(23)34-24(2)35(30-19-10-9-18-29(30)34)32-27(25-12-5-3-6-13-25)16-11-17-28(32)26-14-7-4-8-15-26;1-17(2)21-10-9-11-22(18(3)4)26(21)29-20(6)28(23-12-7-8-13-24(23)29)25-16-27-15-14-19(25)5;1-16(2)20-14-17(3)23(15-24-20)26-18(4)25(19-10-6-5-7-11-19)21-12-8-9-13-22(21)26;1-13(2)17-11-15(5)20(12-21-17)23-16(6)22(14(3)4)18-9-7-8-10-19(18)23/h3-22,24H,1-2H3;7-18,20H,1-6H3;8-9,12-16,18-19H,5-7,10-11H2,1-4H3;7-14,16H,1-6H3/t24-;20-;18-;16-/m0011/s1. The number of aryl methyl sites for hydroxylation is 4. The van der Waals surface area contributed by atoms with Gasteiger partial charge in [-0.25, -0.2) is 0 Å². The van der Waals surface area contributed by atoms with Crippen LogP contribution in [-0.4, -0.2) is 56.7 Å². The minimum absolute atomic E-state index is 0.0580. The Morgan fingerprint density at radius 1 is 0.301 bits per heavy atom. The van der Waals surface area contributed by atoms with Crippen molar-refractivity contribution in [1.82, 2.24) is 19.9 Å². The first-order valence-electron chi connectivity index (χ1n) is 41.4. The number of benzene rings is 8. The second-order valence-electron chi connectivity index (χ2n) is 32.9. The number of hydrogen-bond acceptors (Lipinski definition) is 12. The Morgan fingerprint density at radius 3 is 1.06 bits per heavy atom. The van der Waals surface area contributed by atoms with Gasteiger partial charge in [-0.05, 0) is 223 Å². The molecule has 4 aliphatic heterocycles. The summed E-state index contributed by atoms with van der Waals surface area (Å²) in [5.41, 5.74) is 32.6. The van der Waals surface area contributed by atoms with E-state index >= 15 is 0 Å². The fourth-order valence-electron chi connectivity index (χ4n) is 18.1. The number of aromatic nitrogens is 4. The summed E-state index contributed by atoms with van der Waals surface area (Å²) in [5.74, 6) is 1.83. The van der Waals surface area contributed by atoms with Crippen LogP contribution in [-0.2, 0) is 0 Å². The van der Waals surface area contributed by atoms with Crippen molar-refractivity contribution in [1.29, 1.82) is 0 Å². The molecule has 5 aliphatic rings. The zero-order valence-corrected chi connectivity index (χ0v) is 69.9. The van der Waals surface area contributed by atoms with Crippen LogP contribution in [0.3, 0.4) is 0 Å². The smallest absolute Gasteiger partial charge is 0.108 e. The van der Waals surface area contributed by atoms with Crippen LogP contribution in [0.4, 0.5) is 79.6 Å². The van der Waals surface area contributed by atoms with Crippen molar-refractivity contribution in [3.8, 4) is 22.3 Å². The van der Waals surface area contributed by atoms with E-state index in [0.29, 0.717) is 41.9 Å². The van der Waals surface area contributed by atoms with Gasteiger partial charge < -0.3 is 39.2 Å². The number of nitrogens with zero attached hydrogens (tertiary/aromatic N) is 12. The molecule has 8 aromatic carbocycles. The lowest BCUT2D eigenvalue weighted by atomic mass is 9.91. The van der Waals surface area contributed by atoms with Gasteiger partial charge in [0.1, 0.15) is 24.7 Å². The van der Waals surface area contributed by atoms with Crippen LogP contribution < -0.4 is 39.2 Å². The van der Waals surface area contributed by atoms with Gasteiger partial charge in [-0.3, -0.25) is 19.9 Å². The van der Waals surface area contributed by atoms with E-state index in [-0.39, 0.29) is 18.5 Å². The number of anilines is 14. The van der Waals surface area contributed by atoms with Crippen LogP contribution in [0.15, 0.2) is 256 Å². The predicted molar refractivity (Wildman–Crippen MR) is 479 cm³/mol. The molecule has 0 bridgehead atoms. The number of rotatable bonds is 14. The fourth-order valence-corrected chi connectivity index (χ4v) is 18.1. The summed E-state index contributed by atoms with van der Waals surface area (Å²) in [6.07, 6.45) is 19.4. The molecule has 1 aliphatic carbocycles. The van der Waals surface area contributed by atoms with Crippen LogP contribution in [0.1, 0.15) is 197 Å². The summed E-state index contributed by atoms with van der Waals surface area (Å²) in [7, 11) is 0. The molecular weight excluding hydrogens is 1380 g/mol. The number of para-hydroxylation sites is 10. The molecule has 12 aromatic rings. The molecule has 0 radical (unpaired) electrons. The highest BCUT2D eigenvalue weighted by Gasteiger charge is 2.42. The molecule has 0 unspecified atom stereocenters. The summed E-state index contributed by atoms with van der Waals surface area (Å²) in [5, 5.41) is 0. The molecule has 113 heavy (non-hydrogen) atoms. The molecule has 580 valence electrons. The van der Waals surface area contributed by atoms with Crippen molar-refractivity contribution < 1.29 is 0 Å². The molecule has 1 saturated carbocycles. The maximum Gasteiger partial charge on any atom is 0.108 e. The van der Waals surface area contributed by atoms with Crippen molar-refractivity contribution in [2.75, 3.05) is 39.2 Å². The monoisotopic (exact) mass is 1500 g/mol. The average molecular weight is 1500 g/mol. The molecule has 0 N–H and O–H groups in total. The molecule has 17 rings (SSSR count). The van der Waals surface area contributed by atoms with Crippen molar-refractivity contribution in [2.45, 2.75) is 217 Å². The van der Waals surface area contributed by atoms with Crippen molar-refractivity contribution >= 4 is 79.6 Å². The molecule has 0 spiro atoms. The zero-order valence-electron chi connectivity index (χ0n) is 69.9. The second-order valence-corrected chi connectivity index (χ2v) is 32.9. The Bertz CT molecular complexity index is 5170. The number of pyridine rings is 4. The van der Waals surface area contributed by atoms with Crippen LogP contribution in [0, 0.1) is 27.7 Å². The van der Waals surface area contributed by atoms with Gasteiger partial charge in [-0.2, -0.15) is 0 Å². The zero-order chi connectivity index (χ0) is 79.5. The van der Waals surface area contributed by atoms with Gasteiger partial charge in [0.15, 0.2) is 0 Å². The van der Waals surface area contributed by atoms with E-state index in [4.69, 9.17) is 9.97 Å². The largest absolute Gasteiger partial charge is 0.347 e. The van der Waals surface area contributed by atoms with Gasteiger partial charge in [0, 0.05) is 47.0 Å². The Kier molecular flexibility index (Phi) is 23.6. The molecule has 4 atom stereocenters. The van der Waals surface area contributed by atoms with Gasteiger partial charge in [0.2, 0.25) is 0 Å². The third-order valence-corrected chi connectivity index (χ3v) is 23.7. The lowest BCUT2D eigenvalue weighted by Gasteiger charge is -2.38. The van der Waals surface area contributed by atoms with Crippen LogP contribution in [0.2, 0.25) is 0 Å². The first-order valence-corrected chi connectivity index (χ1v) is 41.4. The Morgan fingerprint density at radius 2 is 0.655 bits per heavy atom. The van der Waals surface area contributed by atoms with Gasteiger partial charge >= 0.3 is 0 Å². The maximum atomic E-state index is 4.77. The normalized spacial score (nSPS) is 17.0. The van der Waals surface area contributed by atoms with Crippen molar-refractivity contribution in [3.05, 3.63) is 300 Å². The highest BCUT2D eigenvalue weighted by atomic mass is 15.5. The van der Waals surface area contributed by atoms with Gasteiger partial charge in [-0.15, -0.1) is 0 Å². The van der Waals surface area contributed by atoms with E-state index in [1.807, 2.05) is 31.0 Å². The third-order valence-electron chi connectivity index (χ3n) is 23.7. The second kappa shape index (κ2) is 34.0. The molecule has 0 amide bonds. The van der Waals surface area contributed by atoms with Crippen LogP contribution in [0.25, 0.3) is 22.3 Å². The molecule has 1 fully saturated rings. The lowest BCUT2D eigenvalue weighted by Crippen LogP contribution is -2.45.